The number of nitrogens with zero attached hydrogens (tertiary/aromatic N) is 3. The normalized spacial score (nSPS) is 12.8. The predicted molar refractivity (Wildman–Crippen MR) is 82.4 cm³/mol. The van der Waals surface area contributed by atoms with Gasteiger partial charge in [-0.15, -0.1) is 0 Å². The summed E-state index contributed by atoms with van der Waals surface area (Å²) in [6, 6.07) is 6.98. The number of aliphatic hydroxyl groups is 1. The Hall–Kier alpha value is -2.94. The van der Waals surface area contributed by atoms with Crippen molar-refractivity contribution in [1.82, 2.24) is 15.0 Å². The number of halogens is 3. The maximum atomic E-state index is 13.1. The second kappa shape index (κ2) is 6.89. The maximum Gasteiger partial charge on any atom is 0.433 e. The van der Waals surface area contributed by atoms with E-state index in [0.717, 1.165) is 6.07 Å². The molecule has 3 rings (SSSR count). The topological polar surface area (TPSA) is 84.1 Å². The van der Waals surface area contributed by atoms with E-state index in [1.54, 1.807) is 12.1 Å². The molecule has 0 aliphatic heterocycles. The smallest absolute Gasteiger partial charge is 0.433 e. The molecule has 2 N–H and O–H groups in total. The largest absolute Gasteiger partial charge is 0.467 e. The van der Waals surface area contributed by atoms with Gasteiger partial charge in [-0.1, -0.05) is 0 Å². The SMILES string of the molecule is OC(CNc1cc(C(F)(F)F)nc(-c2ccncc2)n1)c1ccco1. The minimum Gasteiger partial charge on any atom is -0.467 e. The number of hydrogen-bond donors (Lipinski definition) is 2. The molecular formula is C16H13F3N4O2. The molecule has 0 fully saturated rings. The van der Waals surface area contributed by atoms with Gasteiger partial charge in [0.05, 0.1) is 6.26 Å². The molecule has 0 saturated carbocycles. The Bertz CT molecular complexity index is 823. The summed E-state index contributed by atoms with van der Waals surface area (Å²) in [6.45, 7) is -0.0718. The average molecular weight is 350 g/mol. The summed E-state index contributed by atoms with van der Waals surface area (Å²) in [6.07, 6.45) is -1.38. The van der Waals surface area contributed by atoms with Crippen LogP contribution >= 0.6 is 0 Å². The van der Waals surface area contributed by atoms with Crippen LogP contribution in [0, 0.1) is 0 Å². The van der Waals surface area contributed by atoms with Crippen LogP contribution in [0.2, 0.25) is 0 Å². The van der Waals surface area contributed by atoms with E-state index in [1.165, 1.54) is 30.8 Å². The first kappa shape index (κ1) is 16.9. The van der Waals surface area contributed by atoms with Crippen molar-refractivity contribution in [3.63, 3.8) is 0 Å². The number of pyridine rings is 1. The van der Waals surface area contributed by atoms with Crippen molar-refractivity contribution >= 4 is 5.82 Å². The van der Waals surface area contributed by atoms with Crippen LogP contribution in [0.3, 0.4) is 0 Å². The first-order chi connectivity index (χ1) is 11.9. The van der Waals surface area contributed by atoms with Gasteiger partial charge < -0.3 is 14.8 Å². The molecular weight excluding hydrogens is 337 g/mol. The molecule has 0 aliphatic rings. The van der Waals surface area contributed by atoms with E-state index in [1.807, 2.05) is 0 Å². The van der Waals surface area contributed by atoms with Gasteiger partial charge in [-0.2, -0.15) is 13.2 Å². The molecule has 0 bridgehead atoms. The average Bonchev–Trinajstić information content (AvgIpc) is 3.14. The van der Waals surface area contributed by atoms with Crippen molar-refractivity contribution in [2.24, 2.45) is 0 Å². The molecule has 3 aromatic rings. The molecule has 0 aliphatic carbocycles. The highest BCUT2D eigenvalue weighted by atomic mass is 19.4. The first-order valence-electron chi connectivity index (χ1n) is 7.25. The molecule has 3 aromatic heterocycles. The highest BCUT2D eigenvalue weighted by molar-refractivity contribution is 5.57. The molecule has 3 heterocycles. The van der Waals surface area contributed by atoms with Gasteiger partial charge in [0, 0.05) is 30.6 Å². The van der Waals surface area contributed by atoms with E-state index in [2.05, 4.69) is 20.3 Å². The van der Waals surface area contributed by atoms with Gasteiger partial charge in [0.15, 0.2) is 11.5 Å². The quantitative estimate of drug-likeness (QED) is 0.735. The second-order valence-electron chi connectivity index (χ2n) is 5.11. The molecule has 0 radical (unpaired) electrons. The lowest BCUT2D eigenvalue weighted by atomic mass is 10.2. The number of aliphatic hydroxyl groups excluding tert-OH is 1. The van der Waals surface area contributed by atoms with Crippen LogP contribution in [-0.4, -0.2) is 26.6 Å². The number of furan rings is 1. The fraction of sp³-hybridized carbons (Fsp3) is 0.188. The number of aromatic nitrogens is 3. The van der Waals surface area contributed by atoms with E-state index in [0.29, 0.717) is 11.3 Å². The van der Waals surface area contributed by atoms with Gasteiger partial charge in [-0.05, 0) is 24.3 Å². The Balaban J connectivity index is 1.87. The fourth-order valence-corrected chi connectivity index (χ4v) is 2.10. The van der Waals surface area contributed by atoms with Crippen molar-refractivity contribution < 1.29 is 22.7 Å². The molecule has 25 heavy (non-hydrogen) atoms. The van der Waals surface area contributed by atoms with Gasteiger partial charge in [-0.25, -0.2) is 9.97 Å². The van der Waals surface area contributed by atoms with Gasteiger partial charge in [0.2, 0.25) is 0 Å². The minimum atomic E-state index is -4.62. The molecule has 0 saturated heterocycles. The number of anilines is 1. The molecule has 0 spiro atoms. The molecule has 6 nitrogen and oxygen atoms in total. The van der Waals surface area contributed by atoms with E-state index >= 15 is 0 Å². The molecule has 1 atom stereocenters. The van der Waals surface area contributed by atoms with Gasteiger partial charge in [0.1, 0.15) is 17.7 Å². The summed E-state index contributed by atoms with van der Waals surface area (Å²) >= 11 is 0. The zero-order valence-electron chi connectivity index (χ0n) is 12.7. The van der Waals surface area contributed by atoms with E-state index < -0.39 is 18.0 Å². The number of alkyl halides is 3. The zero-order chi connectivity index (χ0) is 17.9. The van der Waals surface area contributed by atoms with Crippen LogP contribution in [0.25, 0.3) is 11.4 Å². The molecule has 130 valence electrons. The van der Waals surface area contributed by atoms with Gasteiger partial charge >= 0.3 is 6.18 Å². The lowest BCUT2D eigenvalue weighted by Gasteiger charge is -2.13. The van der Waals surface area contributed by atoms with Crippen molar-refractivity contribution in [3.05, 3.63) is 60.4 Å². The van der Waals surface area contributed by atoms with Crippen LogP contribution in [0.5, 0.6) is 0 Å². The van der Waals surface area contributed by atoms with E-state index in [9.17, 15) is 18.3 Å². The van der Waals surface area contributed by atoms with Crippen LogP contribution in [0.4, 0.5) is 19.0 Å². The summed E-state index contributed by atoms with van der Waals surface area (Å²) < 4.78 is 44.3. The Morgan fingerprint density at radius 3 is 2.56 bits per heavy atom. The van der Waals surface area contributed by atoms with Crippen molar-refractivity contribution in [2.45, 2.75) is 12.3 Å². The highest BCUT2D eigenvalue weighted by Gasteiger charge is 2.34. The zero-order valence-corrected chi connectivity index (χ0v) is 12.7. The predicted octanol–water partition coefficient (Wildman–Crippen LogP) is 3.30. The third-order valence-electron chi connectivity index (χ3n) is 3.30. The summed E-state index contributed by atoms with van der Waals surface area (Å²) in [5.74, 6) is 0.152. The van der Waals surface area contributed by atoms with Crippen LogP contribution < -0.4 is 5.32 Å². The van der Waals surface area contributed by atoms with Crippen molar-refractivity contribution in [1.29, 1.82) is 0 Å². The molecule has 0 aromatic carbocycles. The Morgan fingerprint density at radius 2 is 1.92 bits per heavy atom. The lowest BCUT2D eigenvalue weighted by molar-refractivity contribution is -0.141. The molecule has 9 heteroatoms. The fourth-order valence-electron chi connectivity index (χ4n) is 2.10. The number of nitrogens with one attached hydrogen (secondary N) is 1. The van der Waals surface area contributed by atoms with Gasteiger partial charge in [0.25, 0.3) is 0 Å². The summed E-state index contributed by atoms with van der Waals surface area (Å²) in [7, 11) is 0. The Kier molecular flexibility index (Phi) is 4.66. The number of hydrogen-bond acceptors (Lipinski definition) is 6. The molecule has 1 unspecified atom stereocenters. The third-order valence-corrected chi connectivity index (χ3v) is 3.30. The van der Waals surface area contributed by atoms with Crippen molar-refractivity contribution in [2.75, 3.05) is 11.9 Å². The van der Waals surface area contributed by atoms with Crippen LogP contribution in [0.15, 0.2) is 53.4 Å². The number of rotatable bonds is 5. The Morgan fingerprint density at radius 1 is 1.16 bits per heavy atom. The van der Waals surface area contributed by atoms with Crippen LogP contribution in [0.1, 0.15) is 17.6 Å². The van der Waals surface area contributed by atoms with Crippen molar-refractivity contribution in [3.8, 4) is 11.4 Å². The van der Waals surface area contributed by atoms with E-state index in [4.69, 9.17) is 4.42 Å². The minimum absolute atomic E-state index is 0.0558. The third kappa shape index (κ3) is 4.13. The lowest BCUT2D eigenvalue weighted by Crippen LogP contribution is -2.15. The standard InChI is InChI=1S/C16H13F3N4O2/c17-16(18,19)13-8-14(21-9-11(24)12-2-1-7-25-12)23-15(22-13)10-3-5-20-6-4-10/h1-8,11,24H,9H2,(H,21,22,23). The Labute approximate surface area is 140 Å². The first-order valence-corrected chi connectivity index (χ1v) is 7.25. The summed E-state index contributed by atoms with van der Waals surface area (Å²) in [5.41, 5.74) is -0.681. The monoisotopic (exact) mass is 350 g/mol. The second-order valence-corrected chi connectivity index (χ2v) is 5.11. The van der Waals surface area contributed by atoms with Gasteiger partial charge in [-0.3, -0.25) is 4.98 Å². The summed E-state index contributed by atoms with van der Waals surface area (Å²) in [4.78, 5) is 11.5. The molecule has 0 amide bonds. The maximum absolute atomic E-state index is 13.1. The van der Waals surface area contributed by atoms with E-state index in [-0.39, 0.29) is 18.2 Å². The highest BCUT2D eigenvalue weighted by Crippen LogP contribution is 2.30. The van der Waals surface area contributed by atoms with Crippen LogP contribution in [-0.2, 0) is 6.18 Å². The summed E-state index contributed by atoms with van der Waals surface area (Å²) in [5, 5.41) is 12.6.